The van der Waals surface area contributed by atoms with Gasteiger partial charge in [-0.1, -0.05) is 57.6 Å². The third kappa shape index (κ3) is 4.23. The normalized spacial score (nSPS) is 15.4. The highest BCUT2D eigenvalue weighted by molar-refractivity contribution is 6.20. The van der Waals surface area contributed by atoms with Gasteiger partial charge < -0.3 is 4.90 Å². The van der Waals surface area contributed by atoms with Crippen molar-refractivity contribution < 1.29 is 4.79 Å². The summed E-state index contributed by atoms with van der Waals surface area (Å²) < 4.78 is 0. The molecule has 1 atom stereocenters. The fourth-order valence-corrected chi connectivity index (χ4v) is 3.25. The van der Waals surface area contributed by atoms with Crippen LogP contribution in [-0.4, -0.2) is 13.0 Å². The fourth-order valence-electron chi connectivity index (χ4n) is 2.96. The molecule has 0 aliphatic carbocycles. The summed E-state index contributed by atoms with van der Waals surface area (Å²) in [5.74, 6) is 0.171. The SMILES string of the molecule is CCCCCCCCC(Cl)c1ccc2c(c1)CC(=O)N2C. The Labute approximate surface area is 133 Å². The van der Waals surface area contributed by atoms with E-state index in [4.69, 9.17) is 11.6 Å². The van der Waals surface area contributed by atoms with Gasteiger partial charge in [-0.25, -0.2) is 0 Å². The zero-order valence-corrected chi connectivity index (χ0v) is 14.0. The number of benzene rings is 1. The number of hydrogen-bond donors (Lipinski definition) is 0. The van der Waals surface area contributed by atoms with E-state index >= 15 is 0 Å². The molecule has 0 fully saturated rings. The van der Waals surface area contributed by atoms with Crippen LogP contribution in [0.5, 0.6) is 0 Å². The Morgan fingerprint density at radius 3 is 2.67 bits per heavy atom. The van der Waals surface area contributed by atoms with E-state index in [0.717, 1.165) is 23.2 Å². The van der Waals surface area contributed by atoms with E-state index in [0.29, 0.717) is 6.42 Å². The number of carbonyl (C=O) groups excluding carboxylic acids is 1. The smallest absolute Gasteiger partial charge is 0.231 e. The first-order valence-corrected chi connectivity index (χ1v) is 8.60. The van der Waals surface area contributed by atoms with Crippen molar-refractivity contribution in [1.82, 2.24) is 0 Å². The second-order valence-electron chi connectivity index (χ2n) is 6.04. The van der Waals surface area contributed by atoms with Gasteiger partial charge in [0.1, 0.15) is 0 Å². The van der Waals surface area contributed by atoms with E-state index in [2.05, 4.69) is 19.1 Å². The van der Waals surface area contributed by atoms with Crippen molar-refractivity contribution in [2.24, 2.45) is 0 Å². The summed E-state index contributed by atoms with van der Waals surface area (Å²) in [5.41, 5.74) is 3.31. The molecule has 0 N–H and O–H groups in total. The van der Waals surface area contributed by atoms with Gasteiger partial charge in [-0.05, 0) is 23.6 Å². The molecule has 0 saturated carbocycles. The van der Waals surface area contributed by atoms with Crippen LogP contribution < -0.4 is 4.90 Å². The zero-order chi connectivity index (χ0) is 15.2. The Morgan fingerprint density at radius 2 is 1.90 bits per heavy atom. The van der Waals surface area contributed by atoms with E-state index in [1.54, 1.807) is 4.90 Å². The topological polar surface area (TPSA) is 20.3 Å². The second kappa shape index (κ2) is 7.84. The number of carbonyl (C=O) groups is 1. The minimum absolute atomic E-state index is 0.0717. The van der Waals surface area contributed by atoms with Gasteiger partial charge in [-0.3, -0.25) is 4.79 Å². The number of unbranched alkanes of at least 4 members (excludes halogenated alkanes) is 5. The van der Waals surface area contributed by atoms with Crippen LogP contribution in [0, 0.1) is 0 Å². The fraction of sp³-hybridized carbons (Fsp3) is 0.611. The molecule has 1 amide bonds. The number of nitrogens with zero attached hydrogens (tertiary/aromatic N) is 1. The molecule has 1 aliphatic rings. The van der Waals surface area contributed by atoms with E-state index in [9.17, 15) is 4.79 Å². The van der Waals surface area contributed by atoms with Crippen LogP contribution in [0.1, 0.15) is 68.4 Å². The summed E-state index contributed by atoms with van der Waals surface area (Å²) in [6.45, 7) is 2.24. The molecule has 2 rings (SSSR count). The van der Waals surface area contributed by atoms with Gasteiger partial charge >= 0.3 is 0 Å². The van der Waals surface area contributed by atoms with E-state index < -0.39 is 0 Å². The van der Waals surface area contributed by atoms with E-state index in [1.807, 2.05) is 13.1 Å². The van der Waals surface area contributed by atoms with Gasteiger partial charge in [0.15, 0.2) is 0 Å². The first-order chi connectivity index (χ1) is 10.1. The maximum absolute atomic E-state index is 11.7. The monoisotopic (exact) mass is 307 g/mol. The van der Waals surface area contributed by atoms with Crippen LogP contribution in [-0.2, 0) is 11.2 Å². The summed E-state index contributed by atoms with van der Waals surface area (Å²) in [5, 5.41) is 0.0717. The molecule has 1 unspecified atom stereocenters. The molecular formula is C18H26ClNO. The molecule has 1 aromatic carbocycles. The molecule has 1 aliphatic heterocycles. The molecule has 2 nitrogen and oxygen atoms in total. The van der Waals surface area contributed by atoms with Crippen LogP contribution in [0.15, 0.2) is 18.2 Å². The zero-order valence-electron chi connectivity index (χ0n) is 13.2. The summed E-state index contributed by atoms with van der Waals surface area (Å²) in [7, 11) is 1.84. The first-order valence-electron chi connectivity index (χ1n) is 8.17. The van der Waals surface area contributed by atoms with Crippen LogP contribution in [0.25, 0.3) is 0 Å². The Balaban J connectivity index is 1.82. The lowest BCUT2D eigenvalue weighted by Gasteiger charge is -2.13. The van der Waals surface area contributed by atoms with Gasteiger partial charge in [0.05, 0.1) is 11.8 Å². The Morgan fingerprint density at radius 1 is 1.19 bits per heavy atom. The number of anilines is 1. The molecule has 116 valence electrons. The van der Waals surface area contributed by atoms with Crippen molar-refractivity contribution in [3.8, 4) is 0 Å². The molecule has 21 heavy (non-hydrogen) atoms. The molecule has 0 radical (unpaired) electrons. The lowest BCUT2D eigenvalue weighted by atomic mass is 10.0. The largest absolute Gasteiger partial charge is 0.315 e. The molecular weight excluding hydrogens is 282 g/mol. The van der Waals surface area contributed by atoms with Crippen molar-refractivity contribution in [3.63, 3.8) is 0 Å². The predicted molar refractivity (Wildman–Crippen MR) is 90.1 cm³/mol. The molecule has 1 aromatic rings. The average Bonchev–Trinajstić information content (AvgIpc) is 2.77. The number of likely N-dealkylation sites (N-methyl/N-ethyl adjacent to an activating group) is 1. The van der Waals surface area contributed by atoms with Crippen molar-refractivity contribution in [2.45, 2.75) is 63.7 Å². The van der Waals surface area contributed by atoms with Crippen molar-refractivity contribution >= 4 is 23.2 Å². The minimum atomic E-state index is 0.0717. The third-order valence-corrected chi connectivity index (χ3v) is 4.82. The third-order valence-electron chi connectivity index (χ3n) is 4.35. The summed E-state index contributed by atoms with van der Waals surface area (Å²) in [6, 6.07) is 6.22. The molecule has 0 saturated heterocycles. The Hall–Kier alpha value is -1.02. The summed E-state index contributed by atoms with van der Waals surface area (Å²) >= 11 is 6.52. The average molecular weight is 308 g/mol. The van der Waals surface area contributed by atoms with Gasteiger partial charge in [0.2, 0.25) is 5.91 Å². The Kier molecular flexibility index (Phi) is 6.10. The summed E-state index contributed by atoms with van der Waals surface area (Å²) in [6.07, 6.45) is 9.30. The van der Waals surface area contributed by atoms with Gasteiger partial charge in [-0.2, -0.15) is 0 Å². The molecule has 0 spiro atoms. The molecule has 0 bridgehead atoms. The lowest BCUT2D eigenvalue weighted by molar-refractivity contribution is -0.117. The predicted octanol–water partition coefficient (Wildman–Crippen LogP) is 5.24. The molecule has 1 heterocycles. The van der Waals surface area contributed by atoms with Crippen molar-refractivity contribution in [2.75, 3.05) is 11.9 Å². The van der Waals surface area contributed by atoms with Gasteiger partial charge in [-0.15, -0.1) is 11.6 Å². The number of alkyl halides is 1. The van der Waals surface area contributed by atoms with Gasteiger partial charge in [0.25, 0.3) is 0 Å². The minimum Gasteiger partial charge on any atom is -0.315 e. The van der Waals surface area contributed by atoms with Crippen LogP contribution in [0.3, 0.4) is 0 Å². The number of fused-ring (bicyclic) bond motifs is 1. The molecule has 3 heteroatoms. The second-order valence-corrected chi connectivity index (χ2v) is 6.57. The lowest BCUT2D eigenvalue weighted by Crippen LogP contribution is -2.20. The number of hydrogen-bond acceptors (Lipinski definition) is 1. The van der Waals surface area contributed by atoms with Crippen LogP contribution in [0.2, 0.25) is 0 Å². The van der Waals surface area contributed by atoms with Crippen LogP contribution >= 0.6 is 11.6 Å². The first kappa shape index (κ1) is 16.4. The van der Waals surface area contributed by atoms with Crippen molar-refractivity contribution in [1.29, 1.82) is 0 Å². The highest BCUT2D eigenvalue weighted by atomic mass is 35.5. The van der Waals surface area contributed by atoms with E-state index in [-0.39, 0.29) is 11.3 Å². The van der Waals surface area contributed by atoms with Gasteiger partial charge in [0, 0.05) is 12.7 Å². The standard InChI is InChI=1S/C18H26ClNO/c1-3-4-5-6-7-8-9-16(19)14-10-11-17-15(12-14)13-18(21)20(17)2/h10-12,16H,3-9,13H2,1-2H3. The highest BCUT2D eigenvalue weighted by Crippen LogP contribution is 2.33. The number of rotatable bonds is 8. The van der Waals surface area contributed by atoms with E-state index in [1.165, 1.54) is 38.5 Å². The summed E-state index contributed by atoms with van der Waals surface area (Å²) in [4.78, 5) is 13.4. The maximum Gasteiger partial charge on any atom is 0.231 e. The maximum atomic E-state index is 11.7. The quantitative estimate of drug-likeness (QED) is 0.475. The van der Waals surface area contributed by atoms with Crippen molar-refractivity contribution in [3.05, 3.63) is 29.3 Å². The van der Waals surface area contributed by atoms with Crippen LogP contribution in [0.4, 0.5) is 5.69 Å². The number of amides is 1. The highest BCUT2D eigenvalue weighted by Gasteiger charge is 2.24. The molecule has 0 aromatic heterocycles. The Bertz CT molecular complexity index is 486. The number of halogens is 1.